The van der Waals surface area contributed by atoms with Crippen molar-refractivity contribution in [3.8, 4) is 11.1 Å². The molecular weight excluding hydrogens is 448 g/mol. The Bertz CT molecular complexity index is 1480. The SMILES string of the molecule is Cc1cncc(-c2cc(=O)n(C)c3ccc(C(O)c4ccc(Cl)cc4)cc23)c1.Cn1ccnc1. The molecule has 0 amide bonds. The molecule has 3 aromatic heterocycles. The zero-order chi connectivity index (χ0) is 24.2. The van der Waals surface area contributed by atoms with Gasteiger partial charge in [-0.25, -0.2) is 4.98 Å². The van der Waals surface area contributed by atoms with Crippen LogP contribution in [0.15, 0.2) is 90.5 Å². The number of fused-ring (bicyclic) bond motifs is 1. The first-order valence-electron chi connectivity index (χ1n) is 10.7. The molecule has 6 nitrogen and oxygen atoms in total. The van der Waals surface area contributed by atoms with Gasteiger partial charge in [0.25, 0.3) is 5.56 Å². The third-order valence-corrected chi connectivity index (χ3v) is 5.85. The minimum Gasteiger partial charge on any atom is -0.384 e. The summed E-state index contributed by atoms with van der Waals surface area (Å²) >= 11 is 5.95. The highest BCUT2D eigenvalue weighted by Gasteiger charge is 2.15. The van der Waals surface area contributed by atoms with Crippen LogP contribution in [0.5, 0.6) is 0 Å². The van der Waals surface area contributed by atoms with Crippen LogP contribution in [0.2, 0.25) is 5.02 Å². The molecule has 0 aliphatic rings. The van der Waals surface area contributed by atoms with Crippen molar-refractivity contribution >= 4 is 22.5 Å². The minimum absolute atomic E-state index is 0.0880. The number of aliphatic hydroxyl groups excluding tert-OH is 1. The Morgan fingerprint density at radius 2 is 1.68 bits per heavy atom. The molecule has 5 rings (SSSR count). The van der Waals surface area contributed by atoms with Gasteiger partial charge >= 0.3 is 0 Å². The van der Waals surface area contributed by atoms with E-state index < -0.39 is 6.10 Å². The summed E-state index contributed by atoms with van der Waals surface area (Å²) in [6.45, 7) is 1.97. The lowest BCUT2D eigenvalue weighted by Gasteiger charge is -2.16. The molecule has 0 aliphatic heterocycles. The molecule has 0 spiro atoms. The topological polar surface area (TPSA) is 72.9 Å². The van der Waals surface area contributed by atoms with E-state index in [1.54, 1.807) is 54.7 Å². The summed E-state index contributed by atoms with van der Waals surface area (Å²) in [6.07, 6.45) is 8.13. The molecule has 1 atom stereocenters. The summed E-state index contributed by atoms with van der Waals surface area (Å²) in [5.74, 6) is 0. The van der Waals surface area contributed by atoms with Gasteiger partial charge in [-0.15, -0.1) is 0 Å². The number of nitrogens with zero attached hydrogens (tertiary/aromatic N) is 4. The van der Waals surface area contributed by atoms with Crippen molar-refractivity contribution in [2.24, 2.45) is 14.1 Å². The number of benzene rings is 2. The molecule has 2 aromatic carbocycles. The normalized spacial score (nSPS) is 11.7. The molecule has 0 saturated carbocycles. The summed E-state index contributed by atoms with van der Waals surface area (Å²) < 4.78 is 3.50. The fourth-order valence-electron chi connectivity index (χ4n) is 3.75. The smallest absolute Gasteiger partial charge is 0.251 e. The van der Waals surface area contributed by atoms with Crippen molar-refractivity contribution in [2.45, 2.75) is 13.0 Å². The van der Waals surface area contributed by atoms with Gasteiger partial charge in [-0.1, -0.05) is 29.8 Å². The van der Waals surface area contributed by atoms with E-state index >= 15 is 0 Å². The highest BCUT2D eigenvalue weighted by atomic mass is 35.5. The summed E-state index contributed by atoms with van der Waals surface area (Å²) in [5.41, 5.74) is 4.91. The van der Waals surface area contributed by atoms with Gasteiger partial charge in [-0.2, -0.15) is 0 Å². The molecule has 34 heavy (non-hydrogen) atoms. The Morgan fingerprint density at radius 1 is 0.941 bits per heavy atom. The third kappa shape index (κ3) is 5.09. The zero-order valence-corrected chi connectivity index (χ0v) is 19.9. The summed E-state index contributed by atoms with van der Waals surface area (Å²) in [4.78, 5) is 20.5. The molecular formula is C27H25ClN4O2. The second-order valence-electron chi connectivity index (χ2n) is 8.17. The number of hydrogen-bond acceptors (Lipinski definition) is 4. The number of aromatic nitrogens is 4. The Balaban J connectivity index is 0.000000398. The fourth-order valence-corrected chi connectivity index (χ4v) is 3.88. The van der Waals surface area contributed by atoms with Crippen LogP contribution in [0.25, 0.3) is 22.0 Å². The number of imidazole rings is 1. The highest BCUT2D eigenvalue weighted by Crippen LogP contribution is 2.31. The standard InChI is InChI=1S/C23H19ClN2O2.C4H6N2/c1-14-9-17(13-25-12-14)19-11-22(27)26(2)21-8-5-16(10-20(19)21)23(28)15-3-6-18(24)7-4-15;1-6-3-2-5-4-6/h3-13,23,28H,1-2H3;2-4H,1H3. The van der Waals surface area contributed by atoms with Gasteiger partial charge in [0.2, 0.25) is 0 Å². The lowest BCUT2D eigenvalue weighted by Crippen LogP contribution is -2.16. The number of aliphatic hydroxyl groups is 1. The first-order chi connectivity index (χ1) is 16.3. The van der Waals surface area contributed by atoms with Crippen molar-refractivity contribution < 1.29 is 5.11 Å². The molecule has 3 heterocycles. The summed E-state index contributed by atoms with van der Waals surface area (Å²) in [5, 5.41) is 12.4. The van der Waals surface area contributed by atoms with E-state index in [1.165, 1.54) is 0 Å². The predicted octanol–water partition coefficient (Wildman–Crippen LogP) is 5.06. The van der Waals surface area contributed by atoms with E-state index in [0.717, 1.165) is 38.7 Å². The van der Waals surface area contributed by atoms with Gasteiger partial charge in [-0.05, 0) is 59.5 Å². The highest BCUT2D eigenvalue weighted by molar-refractivity contribution is 6.30. The number of pyridine rings is 2. The van der Waals surface area contributed by atoms with Crippen LogP contribution in [-0.4, -0.2) is 24.2 Å². The Labute approximate surface area is 202 Å². The van der Waals surface area contributed by atoms with Gasteiger partial charge in [-0.3, -0.25) is 9.78 Å². The summed E-state index contributed by atoms with van der Waals surface area (Å²) in [6, 6.07) is 16.4. The van der Waals surface area contributed by atoms with Gasteiger partial charge < -0.3 is 14.2 Å². The average Bonchev–Trinajstić information content (AvgIpc) is 3.32. The number of halogens is 1. The van der Waals surface area contributed by atoms with Gasteiger partial charge in [0.05, 0.1) is 11.8 Å². The van der Waals surface area contributed by atoms with Gasteiger partial charge in [0, 0.05) is 60.9 Å². The van der Waals surface area contributed by atoms with Crippen LogP contribution >= 0.6 is 11.6 Å². The number of aryl methyl sites for hydroxylation is 3. The van der Waals surface area contributed by atoms with Crippen molar-refractivity contribution in [3.05, 3.63) is 118 Å². The Kier molecular flexibility index (Phi) is 6.91. The third-order valence-electron chi connectivity index (χ3n) is 5.59. The van der Waals surface area contributed by atoms with Crippen molar-refractivity contribution in [3.63, 3.8) is 0 Å². The van der Waals surface area contributed by atoms with E-state index in [9.17, 15) is 9.90 Å². The first-order valence-corrected chi connectivity index (χ1v) is 11.1. The molecule has 0 saturated heterocycles. The molecule has 0 bridgehead atoms. The van der Waals surface area contributed by atoms with Crippen molar-refractivity contribution in [1.29, 1.82) is 0 Å². The van der Waals surface area contributed by atoms with E-state index in [-0.39, 0.29) is 5.56 Å². The minimum atomic E-state index is -0.789. The Hall–Kier alpha value is -3.74. The zero-order valence-electron chi connectivity index (χ0n) is 19.2. The van der Waals surface area contributed by atoms with E-state index in [1.807, 2.05) is 61.1 Å². The lowest BCUT2D eigenvalue weighted by molar-refractivity contribution is 0.220. The van der Waals surface area contributed by atoms with Crippen LogP contribution in [0, 0.1) is 6.92 Å². The molecule has 7 heteroatoms. The van der Waals surface area contributed by atoms with E-state index in [4.69, 9.17) is 11.6 Å². The lowest BCUT2D eigenvalue weighted by atomic mass is 9.96. The van der Waals surface area contributed by atoms with Crippen molar-refractivity contribution in [2.75, 3.05) is 0 Å². The van der Waals surface area contributed by atoms with E-state index in [0.29, 0.717) is 5.02 Å². The quantitative estimate of drug-likeness (QED) is 0.398. The molecule has 0 radical (unpaired) electrons. The second kappa shape index (κ2) is 10.0. The summed E-state index contributed by atoms with van der Waals surface area (Å²) in [7, 11) is 3.69. The Morgan fingerprint density at radius 3 is 2.29 bits per heavy atom. The number of hydrogen-bond donors (Lipinski definition) is 1. The van der Waals surface area contributed by atoms with E-state index in [2.05, 4.69) is 9.97 Å². The monoisotopic (exact) mass is 472 g/mol. The molecule has 5 aromatic rings. The van der Waals surface area contributed by atoms with Gasteiger partial charge in [0.1, 0.15) is 6.10 Å². The fraction of sp³-hybridized carbons (Fsp3) is 0.148. The van der Waals surface area contributed by atoms with Crippen LogP contribution in [0.3, 0.4) is 0 Å². The van der Waals surface area contributed by atoms with Crippen molar-refractivity contribution in [1.82, 2.24) is 19.1 Å². The average molecular weight is 473 g/mol. The second-order valence-corrected chi connectivity index (χ2v) is 8.60. The maximum atomic E-state index is 12.5. The largest absolute Gasteiger partial charge is 0.384 e. The van der Waals surface area contributed by atoms with Crippen LogP contribution < -0.4 is 5.56 Å². The molecule has 172 valence electrons. The molecule has 1 unspecified atom stereocenters. The van der Waals surface area contributed by atoms with Gasteiger partial charge in [0.15, 0.2) is 0 Å². The molecule has 1 N–H and O–H groups in total. The first kappa shape index (κ1) is 23.4. The van der Waals surface area contributed by atoms with Crippen LogP contribution in [0.1, 0.15) is 22.8 Å². The maximum absolute atomic E-state index is 12.5. The predicted molar refractivity (Wildman–Crippen MR) is 136 cm³/mol. The van der Waals surface area contributed by atoms with Crippen LogP contribution in [0.4, 0.5) is 0 Å². The molecule has 0 fully saturated rings. The number of rotatable bonds is 3. The van der Waals surface area contributed by atoms with Crippen LogP contribution in [-0.2, 0) is 14.1 Å². The maximum Gasteiger partial charge on any atom is 0.251 e. The molecule has 0 aliphatic carbocycles.